The maximum Gasteiger partial charge on any atom is 0.327 e. The van der Waals surface area contributed by atoms with Crippen molar-refractivity contribution in [3.63, 3.8) is 0 Å². The third-order valence-electron chi connectivity index (χ3n) is 2.50. The van der Waals surface area contributed by atoms with E-state index in [1.54, 1.807) is 32.0 Å². The summed E-state index contributed by atoms with van der Waals surface area (Å²) in [4.78, 5) is 21.3. The molecule has 2 aromatic rings. The lowest BCUT2D eigenvalue weighted by Crippen LogP contribution is -2.23. The maximum absolute atomic E-state index is 11.7. The van der Waals surface area contributed by atoms with Crippen LogP contribution in [0.2, 0.25) is 10.0 Å². The topological polar surface area (TPSA) is 46.1 Å². The highest BCUT2D eigenvalue weighted by Gasteiger charge is 2.22. The van der Waals surface area contributed by atoms with Crippen LogP contribution in [0.25, 0.3) is 0 Å². The highest BCUT2D eigenvalue weighted by molar-refractivity contribution is 6.67. The molecule has 2 rings (SSSR count). The Morgan fingerprint density at radius 3 is 2.25 bits per heavy atom. The molecule has 20 heavy (non-hydrogen) atoms. The van der Waals surface area contributed by atoms with Crippen LogP contribution in [-0.2, 0) is 0 Å². The number of aromatic nitrogens is 2. The summed E-state index contributed by atoms with van der Waals surface area (Å²) in [6.45, 7) is 3.60. The van der Waals surface area contributed by atoms with E-state index < -0.39 is 5.37 Å². The van der Waals surface area contributed by atoms with Crippen molar-refractivity contribution in [3.05, 3.63) is 45.7 Å². The van der Waals surface area contributed by atoms with Crippen molar-refractivity contribution >= 4 is 51.8 Å². The minimum Gasteiger partial charge on any atom is -0.255 e. The van der Waals surface area contributed by atoms with E-state index in [4.69, 9.17) is 34.8 Å². The van der Waals surface area contributed by atoms with Crippen LogP contribution in [0.15, 0.2) is 24.3 Å². The van der Waals surface area contributed by atoms with E-state index in [0.29, 0.717) is 27.1 Å². The molecule has 1 aromatic heterocycles. The molecule has 0 bridgehead atoms. The number of halogens is 3. The van der Waals surface area contributed by atoms with Crippen molar-refractivity contribution in [1.82, 2.24) is 9.97 Å². The van der Waals surface area contributed by atoms with Gasteiger partial charge in [0.1, 0.15) is 0 Å². The SMILES string of the molecule is Cc1cc(C)nc(N(C(=O)Cl)c2cc(Cl)ccc2Cl)n1. The second-order valence-corrected chi connectivity index (χ2v) is 5.30. The molecule has 0 saturated heterocycles. The molecule has 0 N–H and O–H groups in total. The molecule has 1 aromatic carbocycles. The number of rotatable bonds is 2. The fourth-order valence-electron chi connectivity index (χ4n) is 1.75. The molecule has 7 heteroatoms. The van der Waals surface area contributed by atoms with E-state index in [1.807, 2.05) is 0 Å². The van der Waals surface area contributed by atoms with Crippen LogP contribution in [-0.4, -0.2) is 15.3 Å². The van der Waals surface area contributed by atoms with E-state index in [-0.39, 0.29) is 5.95 Å². The Kier molecular flexibility index (Phi) is 4.48. The van der Waals surface area contributed by atoms with Gasteiger partial charge in [-0.05, 0) is 49.7 Å². The van der Waals surface area contributed by atoms with E-state index >= 15 is 0 Å². The second kappa shape index (κ2) is 5.95. The van der Waals surface area contributed by atoms with Gasteiger partial charge in [0.15, 0.2) is 0 Å². The first-order valence-electron chi connectivity index (χ1n) is 5.65. The van der Waals surface area contributed by atoms with Gasteiger partial charge in [-0.3, -0.25) is 4.79 Å². The predicted octanol–water partition coefficient (Wildman–Crippen LogP) is 4.90. The molecule has 1 amide bonds. The Balaban J connectivity index is 2.62. The van der Waals surface area contributed by atoms with Crippen molar-refractivity contribution in [2.75, 3.05) is 4.90 Å². The molecular formula is C13H10Cl3N3O. The third-order valence-corrected chi connectivity index (χ3v) is 3.22. The Bertz CT molecular complexity index is 656. The van der Waals surface area contributed by atoms with E-state index in [0.717, 1.165) is 4.90 Å². The molecule has 0 unspecified atom stereocenters. The van der Waals surface area contributed by atoms with Crippen molar-refractivity contribution in [3.8, 4) is 0 Å². The molecule has 104 valence electrons. The fourth-order valence-corrected chi connectivity index (χ4v) is 2.28. The van der Waals surface area contributed by atoms with Crippen molar-refractivity contribution in [1.29, 1.82) is 0 Å². The molecule has 0 radical (unpaired) electrons. The molecule has 0 spiro atoms. The molecular weight excluding hydrogens is 321 g/mol. The molecule has 1 heterocycles. The summed E-state index contributed by atoms with van der Waals surface area (Å²) in [5.74, 6) is 0.159. The number of nitrogens with zero attached hydrogens (tertiary/aromatic N) is 3. The Hall–Kier alpha value is -1.36. The second-order valence-electron chi connectivity index (χ2n) is 4.13. The molecule has 4 nitrogen and oxygen atoms in total. The number of hydrogen-bond donors (Lipinski definition) is 0. The van der Waals surface area contributed by atoms with Gasteiger partial charge in [0.2, 0.25) is 5.95 Å². The van der Waals surface area contributed by atoms with Crippen molar-refractivity contribution in [2.24, 2.45) is 0 Å². The monoisotopic (exact) mass is 329 g/mol. The number of carbonyl (C=O) groups is 1. The van der Waals surface area contributed by atoms with Crippen LogP contribution in [0.4, 0.5) is 16.4 Å². The number of amides is 1. The van der Waals surface area contributed by atoms with Gasteiger partial charge in [-0.15, -0.1) is 0 Å². The number of anilines is 2. The van der Waals surface area contributed by atoms with Gasteiger partial charge in [-0.1, -0.05) is 23.2 Å². The number of carbonyl (C=O) groups excluding carboxylic acids is 1. The molecule has 0 atom stereocenters. The zero-order valence-electron chi connectivity index (χ0n) is 10.7. The standard InChI is InChI=1S/C13H10Cl3N3O/c1-7-5-8(2)18-13(17-7)19(12(16)20)11-6-9(14)3-4-10(11)15/h3-6H,1-2H3. The number of aryl methyl sites for hydroxylation is 2. The summed E-state index contributed by atoms with van der Waals surface area (Å²) in [6, 6.07) is 6.52. The quantitative estimate of drug-likeness (QED) is 0.581. The summed E-state index contributed by atoms with van der Waals surface area (Å²) in [6.07, 6.45) is 0. The Labute approximate surface area is 131 Å². The molecule has 0 aliphatic heterocycles. The molecule has 0 saturated carbocycles. The summed E-state index contributed by atoms with van der Waals surface area (Å²) in [7, 11) is 0. The lowest BCUT2D eigenvalue weighted by molar-refractivity contribution is 0.266. The Morgan fingerprint density at radius 2 is 1.70 bits per heavy atom. The first-order valence-corrected chi connectivity index (χ1v) is 6.79. The fraction of sp³-hybridized carbons (Fsp3) is 0.154. The van der Waals surface area contributed by atoms with Crippen LogP contribution in [0.1, 0.15) is 11.4 Å². The Morgan fingerprint density at radius 1 is 1.10 bits per heavy atom. The molecule has 0 fully saturated rings. The smallest absolute Gasteiger partial charge is 0.255 e. The lowest BCUT2D eigenvalue weighted by Gasteiger charge is -2.19. The highest BCUT2D eigenvalue weighted by atomic mass is 35.5. The highest BCUT2D eigenvalue weighted by Crippen LogP contribution is 2.33. The van der Waals surface area contributed by atoms with E-state index in [2.05, 4.69) is 9.97 Å². The minimum absolute atomic E-state index is 0.159. The third kappa shape index (κ3) is 3.20. The van der Waals surface area contributed by atoms with Gasteiger partial charge < -0.3 is 0 Å². The zero-order chi connectivity index (χ0) is 14.9. The van der Waals surface area contributed by atoms with Crippen LogP contribution >= 0.6 is 34.8 Å². The largest absolute Gasteiger partial charge is 0.327 e. The summed E-state index contributed by atoms with van der Waals surface area (Å²) in [5, 5.41) is -0.0120. The van der Waals surface area contributed by atoms with Crippen LogP contribution in [0, 0.1) is 13.8 Å². The van der Waals surface area contributed by atoms with Gasteiger partial charge in [0.05, 0.1) is 10.7 Å². The normalized spacial score (nSPS) is 10.4. The van der Waals surface area contributed by atoms with Gasteiger partial charge in [-0.2, -0.15) is 0 Å². The molecule has 0 aliphatic rings. The summed E-state index contributed by atoms with van der Waals surface area (Å²) in [5.41, 5.74) is 1.77. The summed E-state index contributed by atoms with van der Waals surface area (Å²) < 4.78 is 0. The van der Waals surface area contributed by atoms with Crippen LogP contribution < -0.4 is 4.90 Å². The van der Waals surface area contributed by atoms with E-state index in [1.165, 1.54) is 6.07 Å². The number of benzene rings is 1. The average molecular weight is 331 g/mol. The van der Waals surface area contributed by atoms with Crippen LogP contribution in [0.5, 0.6) is 0 Å². The van der Waals surface area contributed by atoms with Gasteiger partial charge in [-0.25, -0.2) is 14.9 Å². The minimum atomic E-state index is -0.765. The van der Waals surface area contributed by atoms with Gasteiger partial charge in [0, 0.05) is 16.4 Å². The first kappa shape index (κ1) is 15.0. The summed E-state index contributed by atoms with van der Waals surface area (Å²) >= 11 is 17.7. The lowest BCUT2D eigenvalue weighted by atomic mass is 10.3. The van der Waals surface area contributed by atoms with Crippen molar-refractivity contribution in [2.45, 2.75) is 13.8 Å². The molecule has 0 aliphatic carbocycles. The van der Waals surface area contributed by atoms with Gasteiger partial charge in [0.25, 0.3) is 0 Å². The average Bonchev–Trinajstić information content (AvgIpc) is 2.32. The predicted molar refractivity (Wildman–Crippen MR) is 81.4 cm³/mol. The maximum atomic E-state index is 11.7. The van der Waals surface area contributed by atoms with E-state index in [9.17, 15) is 4.79 Å². The van der Waals surface area contributed by atoms with Crippen molar-refractivity contribution < 1.29 is 4.79 Å². The number of hydrogen-bond acceptors (Lipinski definition) is 3. The van der Waals surface area contributed by atoms with Gasteiger partial charge >= 0.3 is 5.37 Å². The zero-order valence-corrected chi connectivity index (χ0v) is 13.0. The first-order chi connectivity index (χ1) is 9.38. The van der Waals surface area contributed by atoms with Crippen LogP contribution in [0.3, 0.4) is 0 Å².